The molecule has 3 rings (SSSR count). The number of carbonyl (C=O) groups excluding carboxylic acids is 2. The molecule has 0 spiro atoms. The van der Waals surface area contributed by atoms with Gasteiger partial charge in [-0.3, -0.25) is 4.79 Å². The van der Waals surface area contributed by atoms with Crippen molar-refractivity contribution in [3.8, 4) is 0 Å². The van der Waals surface area contributed by atoms with Crippen LogP contribution in [-0.4, -0.2) is 65.5 Å². The molecule has 0 aliphatic carbocycles. The van der Waals surface area contributed by atoms with Gasteiger partial charge in [-0.25, -0.2) is 13.2 Å². The Labute approximate surface area is 185 Å². The molecule has 0 N–H and O–H groups in total. The molecule has 1 aromatic heterocycles. The van der Waals surface area contributed by atoms with E-state index in [0.29, 0.717) is 36.0 Å². The molecule has 1 amide bonds. The fraction of sp³-hybridized carbons (Fsp3) is 0.500. The van der Waals surface area contributed by atoms with Gasteiger partial charge in [0.15, 0.2) is 21.8 Å². The minimum absolute atomic E-state index is 0.0461. The minimum Gasteiger partial charge on any atom is -0.449 e. The van der Waals surface area contributed by atoms with E-state index < -0.39 is 21.9 Å². The zero-order chi connectivity index (χ0) is 22.6. The van der Waals surface area contributed by atoms with Gasteiger partial charge < -0.3 is 14.2 Å². The molecule has 11 heteroatoms. The van der Waals surface area contributed by atoms with E-state index in [4.69, 9.17) is 9.26 Å². The number of aromatic nitrogens is 2. The highest BCUT2D eigenvalue weighted by molar-refractivity contribution is 7.98. The van der Waals surface area contributed by atoms with Gasteiger partial charge >= 0.3 is 5.97 Å². The van der Waals surface area contributed by atoms with Crippen molar-refractivity contribution >= 4 is 33.5 Å². The summed E-state index contributed by atoms with van der Waals surface area (Å²) in [7, 11) is -3.12. The van der Waals surface area contributed by atoms with Crippen LogP contribution in [0, 0.1) is 6.92 Å². The van der Waals surface area contributed by atoms with Gasteiger partial charge in [-0.15, -0.1) is 11.8 Å². The Balaban J connectivity index is 1.55. The Morgan fingerprint density at radius 3 is 2.58 bits per heavy atom. The summed E-state index contributed by atoms with van der Waals surface area (Å²) in [6.07, 6.45) is -0.601. The third kappa shape index (κ3) is 6.07. The molecule has 1 aromatic carbocycles. The van der Waals surface area contributed by atoms with E-state index in [1.165, 1.54) is 23.6 Å². The fourth-order valence-corrected chi connectivity index (χ4v) is 5.83. The molecular formula is C20H25N3O6S2. The summed E-state index contributed by atoms with van der Waals surface area (Å²) in [6, 6.07) is 6.43. The van der Waals surface area contributed by atoms with E-state index in [1.807, 2.05) is 0 Å². The van der Waals surface area contributed by atoms with Crippen molar-refractivity contribution in [2.75, 3.05) is 18.1 Å². The number of hydrogen-bond donors (Lipinski definition) is 0. The number of hydrogen-bond acceptors (Lipinski definition) is 9. The Kier molecular flexibility index (Phi) is 7.37. The van der Waals surface area contributed by atoms with Crippen LogP contribution in [-0.2, 0) is 25.1 Å². The average molecular weight is 468 g/mol. The van der Waals surface area contributed by atoms with Crippen LogP contribution in [0.3, 0.4) is 0 Å². The molecule has 2 aromatic rings. The van der Waals surface area contributed by atoms with E-state index in [9.17, 15) is 18.0 Å². The first-order valence-electron chi connectivity index (χ1n) is 9.92. The van der Waals surface area contributed by atoms with Crippen LogP contribution in [0.1, 0.15) is 42.3 Å². The lowest BCUT2D eigenvalue weighted by atomic mass is 10.2. The third-order valence-corrected chi connectivity index (χ3v) is 7.67. The number of ether oxygens (including phenoxy) is 1. The van der Waals surface area contributed by atoms with Crippen LogP contribution in [0.2, 0.25) is 0 Å². The Morgan fingerprint density at radius 1 is 1.32 bits per heavy atom. The Bertz CT molecular complexity index is 1040. The number of amides is 1. The molecule has 1 aliphatic rings. The van der Waals surface area contributed by atoms with Gasteiger partial charge in [-0.1, -0.05) is 5.16 Å². The van der Waals surface area contributed by atoms with Crippen molar-refractivity contribution in [1.82, 2.24) is 15.0 Å². The van der Waals surface area contributed by atoms with Crippen LogP contribution in [0.25, 0.3) is 0 Å². The number of likely N-dealkylation sites (N-methyl/N-ethyl adjacent to an activating group) is 1. The number of sulfone groups is 1. The maximum Gasteiger partial charge on any atom is 0.338 e. The lowest BCUT2D eigenvalue weighted by molar-refractivity contribution is -0.141. The van der Waals surface area contributed by atoms with Crippen molar-refractivity contribution in [3.05, 3.63) is 41.5 Å². The van der Waals surface area contributed by atoms with Crippen LogP contribution in [0.5, 0.6) is 0 Å². The number of carbonyl (C=O) groups is 2. The minimum atomic E-state index is -3.12. The summed E-state index contributed by atoms with van der Waals surface area (Å²) in [5.41, 5.74) is 0.323. The first kappa shape index (κ1) is 23.3. The number of esters is 1. The highest BCUT2D eigenvalue weighted by Gasteiger charge is 2.36. The quantitative estimate of drug-likeness (QED) is 0.425. The lowest BCUT2D eigenvalue weighted by Crippen LogP contribution is -2.46. The molecular weight excluding hydrogens is 442 g/mol. The molecule has 2 heterocycles. The van der Waals surface area contributed by atoms with E-state index in [-0.39, 0.29) is 23.5 Å². The molecule has 2 unspecified atom stereocenters. The summed E-state index contributed by atoms with van der Waals surface area (Å²) in [5.74, 6) is 0.643. The van der Waals surface area contributed by atoms with Crippen LogP contribution in [0.15, 0.2) is 33.7 Å². The molecule has 0 radical (unpaired) electrons. The van der Waals surface area contributed by atoms with E-state index in [2.05, 4.69) is 10.1 Å². The molecule has 0 saturated carbocycles. The summed E-state index contributed by atoms with van der Waals surface area (Å²) < 4.78 is 33.9. The van der Waals surface area contributed by atoms with Gasteiger partial charge in [0.05, 0.1) is 22.8 Å². The van der Waals surface area contributed by atoms with E-state index in [1.54, 1.807) is 38.1 Å². The van der Waals surface area contributed by atoms with Gasteiger partial charge in [0, 0.05) is 17.5 Å². The molecule has 1 fully saturated rings. The molecule has 0 bridgehead atoms. The number of nitrogens with zero attached hydrogens (tertiary/aromatic N) is 3. The smallest absolute Gasteiger partial charge is 0.338 e. The van der Waals surface area contributed by atoms with Crippen molar-refractivity contribution in [3.63, 3.8) is 0 Å². The monoisotopic (exact) mass is 467 g/mol. The maximum absolute atomic E-state index is 12.7. The van der Waals surface area contributed by atoms with Crippen molar-refractivity contribution < 1.29 is 27.3 Å². The summed E-state index contributed by atoms with van der Waals surface area (Å²) >= 11 is 1.49. The van der Waals surface area contributed by atoms with Gasteiger partial charge in [0.2, 0.25) is 5.89 Å². The van der Waals surface area contributed by atoms with Gasteiger partial charge in [-0.2, -0.15) is 4.98 Å². The predicted octanol–water partition coefficient (Wildman–Crippen LogP) is 2.25. The van der Waals surface area contributed by atoms with Gasteiger partial charge in [0.1, 0.15) is 0 Å². The van der Waals surface area contributed by atoms with E-state index >= 15 is 0 Å². The number of aryl methyl sites for hydroxylation is 1. The molecule has 1 saturated heterocycles. The Morgan fingerprint density at radius 2 is 2.03 bits per heavy atom. The largest absolute Gasteiger partial charge is 0.449 e. The Hall–Kier alpha value is -2.40. The number of benzene rings is 1. The van der Waals surface area contributed by atoms with Gasteiger partial charge in [0.25, 0.3) is 5.91 Å². The van der Waals surface area contributed by atoms with Crippen LogP contribution >= 0.6 is 11.8 Å². The normalized spacial score (nSPS) is 18.5. The molecule has 2 atom stereocenters. The molecule has 1 aliphatic heterocycles. The first-order valence-corrected chi connectivity index (χ1v) is 12.7. The second-order valence-corrected chi connectivity index (χ2v) is 10.6. The molecule has 9 nitrogen and oxygen atoms in total. The topological polar surface area (TPSA) is 120 Å². The van der Waals surface area contributed by atoms with Crippen molar-refractivity contribution in [2.45, 2.75) is 50.0 Å². The van der Waals surface area contributed by atoms with Crippen molar-refractivity contribution in [2.24, 2.45) is 0 Å². The number of thioether (sulfide) groups is 1. The standard InChI is InChI=1S/C20H25N3O6S2/c1-4-23(16-9-10-31(26,27)12-16)19(24)13(2)28-20(25)15-5-7-17(8-6-15)30-11-18-21-14(3)22-29-18/h5-8,13,16H,4,9-12H2,1-3H3. The zero-order valence-corrected chi connectivity index (χ0v) is 19.2. The lowest BCUT2D eigenvalue weighted by Gasteiger charge is -2.29. The van der Waals surface area contributed by atoms with E-state index in [0.717, 1.165) is 4.90 Å². The average Bonchev–Trinajstić information content (AvgIpc) is 3.31. The summed E-state index contributed by atoms with van der Waals surface area (Å²) in [5, 5.41) is 3.74. The predicted molar refractivity (Wildman–Crippen MR) is 114 cm³/mol. The number of rotatable bonds is 8. The summed E-state index contributed by atoms with van der Waals surface area (Å²) in [4.78, 5) is 31.7. The first-order chi connectivity index (χ1) is 14.7. The highest BCUT2D eigenvalue weighted by atomic mass is 32.2. The van der Waals surface area contributed by atoms with Crippen LogP contribution in [0.4, 0.5) is 0 Å². The summed E-state index contributed by atoms with van der Waals surface area (Å²) in [6.45, 7) is 5.39. The zero-order valence-electron chi connectivity index (χ0n) is 17.6. The van der Waals surface area contributed by atoms with Crippen molar-refractivity contribution in [1.29, 1.82) is 0 Å². The molecule has 31 heavy (non-hydrogen) atoms. The second-order valence-electron chi connectivity index (χ2n) is 7.28. The van der Waals surface area contributed by atoms with Crippen LogP contribution < -0.4 is 0 Å². The van der Waals surface area contributed by atoms with Gasteiger partial charge in [-0.05, 0) is 51.5 Å². The third-order valence-electron chi connectivity index (χ3n) is 4.93. The SMILES string of the molecule is CCN(C(=O)C(C)OC(=O)c1ccc(SCc2nc(C)no2)cc1)C1CCS(=O)(=O)C1. The molecule has 168 valence electrons. The maximum atomic E-state index is 12.7. The second kappa shape index (κ2) is 9.82. The fourth-order valence-electron chi connectivity index (χ4n) is 3.36. The highest BCUT2D eigenvalue weighted by Crippen LogP contribution is 2.23.